The number of ketones is 1. The molecule has 5 saturated carbocycles. The van der Waals surface area contributed by atoms with Crippen LogP contribution in [0.5, 0.6) is 0 Å². The van der Waals surface area contributed by atoms with Crippen LogP contribution in [0.4, 0.5) is 0 Å². The molecule has 0 bridgehead atoms. The molecule has 4 N–H and O–H groups in total. The average molecular weight is 520 g/mol. The lowest BCUT2D eigenvalue weighted by Crippen LogP contribution is -2.64. The van der Waals surface area contributed by atoms with Crippen LogP contribution in [-0.2, 0) is 9.59 Å². The maximum Gasteiger partial charge on any atom is 0.222 e. The van der Waals surface area contributed by atoms with Gasteiger partial charge in [-0.2, -0.15) is 4.65 Å². The summed E-state index contributed by atoms with van der Waals surface area (Å²) >= 11 is 0. The van der Waals surface area contributed by atoms with Crippen LogP contribution in [0, 0.1) is 50.7 Å². The summed E-state index contributed by atoms with van der Waals surface area (Å²) in [5, 5.41) is 36.3. The molecule has 5 rings (SSSR count). The zero-order valence-corrected chi connectivity index (χ0v) is 24.3. The molecule has 5 aliphatic rings. The third kappa shape index (κ3) is 3.20. The minimum atomic E-state index is -0.547. The summed E-state index contributed by atoms with van der Waals surface area (Å²) < 4.78 is -0.220. The number of rotatable bonds is 5. The molecule has 1 amide bonds. The molecule has 0 aromatic heterocycles. The molecule has 0 aromatic carbocycles. The fraction of sp³-hybridized carbons (Fsp3) is 0.933. The van der Waals surface area contributed by atoms with Crippen molar-refractivity contribution in [3.8, 4) is 0 Å². The summed E-state index contributed by atoms with van der Waals surface area (Å²) in [5.74, 6) is 0.512. The van der Waals surface area contributed by atoms with E-state index in [0.717, 1.165) is 32.1 Å². The highest BCUT2D eigenvalue weighted by Crippen LogP contribution is 2.87. The molecular formula is C30H51N2O5+. The third-order valence-electron chi connectivity index (χ3n) is 13.4. The number of hydroxylamine groups is 3. The van der Waals surface area contributed by atoms with Crippen molar-refractivity contribution in [1.29, 1.82) is 0 Å². The zero-order chi connectivity index (χ0) is 27.6. The number of fused-ring (bicyclic) bond motifs is 2. The van der Waals surface area contributed by atoms with Gasteiger partial charge in [0.2, 0.25) is 5.91 Å². The van der Waals surface area contributed by atoms with Gasteiger partial charge >= 0.3 is 0 Å². The van der Waals surface area contributed by atoms with Gasteiger partial charge in [-0.15, -0.1) is 0 Å². The first-order chi connectivity index (χ1) is 17.0. The SMILES string of the molecule is CC(C)C(=O)N[C@H]1CCC23C[C@]24C(=O)C[C@]2(C)[C@@H]([C@H](C)[N+](C)(C)O)[C@H](O)C[C@@]2(C)[C@@H]4CC[C@H]3[C@]1(C)CO. The Morgan fingerprint density at radius 2 is 1.70 bits per heavy atom. The van der Waals surface area contributed by atoms with E-state index in [-0.39, 0.29) is 74.6 Å². The van der Waals surface area contributed by atoms with E-state index in [2.05, 4.69) is 26.1 Å². The third-order valence-corrected chi connectivity index (χ3v) is 13.4. The minimum absolute atomic E-state index is 0.00812. The van der Waals surface area contributed by atoms with E-state index in [4.69, 9.17) is 0 Å². The van der Waals surface area contributed by atoms with Crippen molar-refractivity contribution in [2.75, 3.05) is 20.7 Å². The Labute approximate surface area is 222 Å². The first-order valence-electron chi connectivity index (χ1n) is 14.7. The van der Waals surface area contributed by atoms with E-state index in [1.54, 1.807) is 14.1 Å². The van der Waals surface area contributed by atoms with Gasteiger partial charge in [0.05, 0.1) is 26.8 Å². The van der Waals surface area contributed by atoms with Crippen molar-refractivity contribution >= 4 is 11.7 Å². The van der Waals surface area contributed by atoms with Gasteiger partial charge in [-0.1, -0.05) is 34.6 Å². The molecule has 210 valence electrons. The second-order valence-corrected chi connectivity index (χ2v) is 15.4. The lowest BCUT2D eigenvalue weighted by Gasteiger charge is -2.62. The second kappa shape index (κ2) is 8.02. The van der Waals surface area contributed by atoms with Crippen molar-refractivity contribution in [3.63, 3.8) is 0 Å². The average Bonchev–Trinajstić information content (AvgIpc) is 3.43. The Morgan fingerprint density at radius 1 is 1.08 bits per heavy atom. The maximum atomic E-state index is 14.4. The lowest BCUT2D eigenvalue weighted by molar-refractivity contribution is -1.09. The van der Waals surface area contributed by atoms with Crippen LogP contribution in [0.2, 0.25) is 0 Å². The van der Waals surface area contributed by atoms with Gasteiger partial charge in [-0.3, -0.25) is 9.59 Å². The number of quaternary nitrogens is 1. The summed E-state index contributed by atoms with van der Waals surface area (Å²) in [4.78, 5) is 27.1. The summed E-state index contributed by atoms with van der Waals surface area (Å²) in [7, 11) is 3.52. The van der Waals surface area contributed by atoms with Crippen LogP contribution in [0.1, 0.15) is 86.5 Å². The molecule has 7 heteroatoms. The zero-order valence-electron chi connectivity index (χ0n) is 24.3. The van der Waals surface area contributed by atoms with Crippen molar-refractivity contribution < 1.29 is 29.7 Å². The molecule has 0 aliphatic heterocycles. The molecule has 0 saturated heterocycles. The molecule has 7 nitrogen and oxygen atoms in total. The molecule has 5 aliphatic carbocycles. The van der Waals surface area contributed by atoms with Gasteiger partial charge in [0.25, 0.3) is 0 Å². The van der Waals surface area contributed by atoms with E-state index >= 15 is 0 Å². The Balaban J connectivity index is 1.51. The van der Waals surface area contributed by atoms with Gasteiger partial charge in [0.1, 0.15) is 11.8 Å². The smallest absolute Gasteiger partial charge is 0.222 e. The number of nitrogens with one attached hydrogen (secondary N) is 1. The molecule has 0 heterocycles. The number of amides is 1. The largest absolute Gasteiger partial charge is 0.396 e. The highest BCUT2D eigenvalue weighted by atomic mass is 16.5. The van der Waals surface area contributed by atoms with Gasteiger partial charge < -0.3 is 15.5 Å². The molecule has 2 spiro atoms. The lowest BCUT2D eigenvalue weighted by atomic mass is 9.41. The number of aliphatic hydroxyl groups excluding tert-OH is 2. The maximum absolute atomic E-state index is 14.4. The normalized spacial score (nSPS) is 51.6. The van der Waals surface area contributed by atoms with E-state index < -0.39 is 11.5 Å². The first-order valence-corrected chi connectivity index (χ1v) is 14.7. The van der Waals surface area contributed by atoms with E-state index in [9.17, 15) is 25.0 Å². The van der Waals surface area contributed by atoms with Gasteiger partial charge in [-0.05, 0) is 73.5 Å². The van der Waals surface area contributed by atoms with Crippen LogP contribution in [0.3, 0.4) is 0 Å². The molecule has 37 heavy (non-hydrogen) atoms. The van der Waals surface area contributed by atoms with Crippen molar-refractivity contribution in [2.45, 2.75) is 105 Å². The Hall–Kier alpha value is -1.02. The number of aliphatic hydroxyl groups is 2. The summed E-state index contributed by atoms with van der Waals surface area (Å²) in [6.45, 7) is 12.5. The highest BCUT2D eigenvalue weighted by molar-refractivity contribution is 5.92. The van der Waals surface area contributed by atoms with E-state index in [0.29, 0.717) is 18.6 Å². The first kappa shape index (κ1) is 27.5. The second-order valence-electron chi connectivity index (χ2n) is 15.4. The van der Waals surface area contributed by atoms with Crippen LogP contribution in [0.25, 0.3) is 0 Å². The summed E-state index contributed by atoms with van der Waals surface area (Å²) in [5.41, 5.74) is -1.52. The van der Waals surface area contributed by atoms with Crippen molar-refractivity contribution in [1.82, 2.24) is 5.32 Å². The van der Waals surface area contributed by atoms with E-state index in [1.807, 2.05) is 20.8 Å². The number of Topliss-reactive ketones (excluding diaryl/α,β-unsaturated/α-hetero) is 1. The van der Waals surface area contributed by atoms with Crippen LogP contribution >= 0.6 is 0 Å². The van der Waals surface area contributed by atoms with Gasteiger partial charge in [0, 0.05) is 35.1 Å². The van der Waals surface area contributed by atoms with Gasteiger partial charge in [-0.25, -0.2) is 5.21 Å². The predicted molar refractivity (Wildman–Crippen MR) is 140 cm³/mol. The number of nitrogens with zero attached hydrogens (tertiary/aromatic N) is 1. The predicted octanol–water partition coefficient (Wildman–Crippen LogP) is 3.54. The highest BCUT2D eigenvalue weighted by Gasteiger charge is 2.86. The van der Waals surface area contributed by atoms with Crippen LogP contribution < -0.4 is 5.32 Å². The molecule has 1 unspecified atom stereocenters. The van der Waals surface area contributed by atoms with Gasteiger partial charge in [0.15, 0.2) is 0 Å². The number of hydrogen-bond donors (Lipinski definition) is 4. The minimum Gasteiger partial charge on any atom is -0.396 e. The molecule has 5 fully saturated rings. The standard InChI is InChI=1S/C30H50N2O5/c1-17(2)25(36)31-22-11-12-29-15-30(29)21(10-9-20(29)26(22,4)16-33)27(5)13-19(34)24(18(3)32(7,8)37)28(27,6)14-23(30)35/h17-22,24,33-34,37H,9-16H2,1-8H3/p+1/t18-,19+,20-,21-,22-,24-,26-,27-,28+,29?,30-/m0/s1. The van der Waals surface area contributed by atoms with Crippen molar-refractivity contribution in [2.24, 2.45) is 50.7 Å². The number of carbonyl (C=O) groups is 2. The molecule has 11 atom stereocenters. The Bertz CT molecular complexity index is 993. The quantitative estimate of drug-likeness (QED) is 0.328. The van der Waals surface area contributed by atoms with E-state index in [1.165, 1.54) is 0 Å². The van der Waals surface area contributed by atoms with Crippen LogP contribution in [0.15, 0.2) is 0 Å². The fourth-order valence-corrected chi connectivity index (χ4v) is 11.1. The number of hydrogen-bond acceptors (Lipinski definition) is 5. The molecule has 0 radical (unpaired) electrons. The molecule has 0 aromatic rings. The topological polar surface area (TPSA) is 107 Å². The van der Waals surface area contributed by atoms with Crippen molar-refractivity contribution in [3.05, 3.63) is 0 Å². The Morgan fingerprint density at radius 3 is 2.27 bits per heavy atom. The summed E-state index contributed by atoms with van der Waals surface area (Å²) in [6.07, 6.45) is 5.01. The molecular weight excluding hydrogens is 468 g/mol. The summed E-state index contributed by atoms with van der Waals surface area (Å²) in [6, 6.07) is -0.272. The monoisotopic (exact) mass is 519 g/mol. The van der Waals surface area contributed by atoms with Crippen LogP contribution in [-0.4, -0.2) is 70.6 Å². The Kier molecular flexibility index (Phi) is 5.97. The fourth-order valence-electron chi connectivity index (χ4n) is 11.1. The number of carbonyl (C=O) groups excluding carboxylic acids is 2.